The van der Waals surface area contributed by atoms with Gasteiger partial charge < -0.3 is 22.5 Å². The van der Waals surface area contributed by atoms with E-state index < -0.39 is 16.1 Å². The van der Waals surface area contributed by atoms with Crippen molar-refractivity contribution < 1.29 is 40.2 Å². The molecule has 0 unspecified atom stereocenters. The minimum absolute atomic E-state index is 0. The van der Waals surface area contributed by atoms with Crippen LogP contribution >= 0.6 is 0 Å². The summed E-state index contributed by atoms with van der Waals surface area (Å²) in [5, 5.41) is 1.82. The third kappa shape index (κ3) is 13.3. The Bertz CT molecular complexity index is 341. The Morgan fingerprint density at radius 2 is 2.00 bits per heavy atom. The Hall–Kier alpha value is -0.630. The first-order chi connectivity index (χ1) is 7.33. The van der Waals surface area contributed by atoms with Gasteiger partial charge in [0, 0.05) is 12.0 Å². The Labute approximate surface area is 108 Å². The summed E-state index contributed by atoms with van der Waals surface area (Å²) in [5.74, 6) is -0.666. The van der Waals surface area contributed by atoms with Gasteiger partial charge in [-0.3, -0.25) is 4.55 Å². The fourth-order valence-electron chi connectivity index (χ4n) is 0.913. The topological polar surface area (TPSA) is 97.3 Å². The van der Waals surface area contributed by atoms with Crippen molar-refractivity contribution in [3.8, 4) is 0 Å². The maximum absolute atomic E-state index is 10.9. The number of hydrogen-bond acceptors (Lipinski definition) is 4. The number of rotatable bonds is 8. The first-order valence-corrected chi connectivity index (χ1v) is 6.53. The lowest BCUT2D eigenvalue weighted by Gasteiger charge is -2.03. The molecule has 0 aliphatic heterocycles. The van der Waals surface area contributed by atoms with Crippen LogP contribution < -0.4 is 17.7 Å². The van der Waals surface area contributed by atoms with Crippen molar-refractivity contribution in [3.63, 3.8) is 0 Å². The summed E-state index contributed by atoms with van der Waals surface area (Å²) in [6.45, 7) is 6.38. The minimum atomic E-state index is -3.86. The largest absolute Gasteiger partial charge is 1.00 e. The smallest absolute Gasteiger partial charge is 0.333 e. The quantitative estimate of drug-likeness (QED) is 0.205. The number of ether oxygens (including phenoxy) is 1. The predicted molar refractivity (Wildman–Crippen MR) is 58.5 cm³/mol. The van der Waals surface area contributed by atoms with E-state index in [2.05, 4.69) is 6.58 Å². The zero-order valence-corrected chi connectivity index (χ0v) is 11.3. The van der Waals surface area contributed by atoms with Crippen molar-refractivity contribution in [2.45, 2.75) is 13.3 Å². The molecule has 0 aromatic rings. The highest BCUT2D eigenvalue weighted by atomic mass is 35.5. The van der Waals surface area contributed by atoms with Gasteiger partial charge in [-0.15, -0.1) is 0 Å². The van der Waals surface area contributed by atoms with Gasteiger partial charge in [0.15, 0.2) is 0 Å². The lowest BCUT2D eigenvalue weighted by Crippen LogP contribution is -3.00. The van der Waals surface area contributed by atoms with Crippen LogP contribution in [0.15, 0.2) is 12.2 Å². The second-order valence-electron chi connectivity index (χ2n) is 3.42. The molecule has 0 rings (SSSR count). The van der Waals surface area contributed by atoms with Crippen molar-refractivity contribution >= 4 is 16.1 Å². The fourth-order valence-corrected chi connectivity index (χ4v) is 1.44. The standard InChI is InChI=1S/C9H17NO5S.ClH/c1-8(2)9(11)15-6-5-10-4-3-7-16(12,13)14;/h10H,1,3-7H2,2H3,(H,12,13,14);1H. The molecule has 17 heavy (non-hydrogen) atoms. The zero-order valence-electron chi connectivity index (χ0n) is 9.69. The molecule has 3 N–H and O–H groups in total. The van der Waals surface area contributed by atoms with E-state index in [1.165, 1.54) is 0 Å². The summed E-state index contributed by atoms with van der Waals surface area (Å²) in [4.78, 5) is 10.9. The fraction of sp³-hybridized carbons (Fsp3) is 0.667. The van der Waals surface area contributed by atoms with Crippen LogP contribution in [0.1, 0.15) is 13.3 Å². The summed E-state index contributed by atoms with van der Waals surface area (Å²) in [7, 11) is -3.86. The molecule has 0 amide bonds. The molecule has 0 aliphatic carbocycles. The van der Waals surface area contributed by atoms with E-state index in [0.29, 0.717) is 25.1 Å². The number of quaternary nitrogens is 1. The van der Waals surface area contributed by atoms with Gasteiger partial charge in [-0.2, -0.15) is 8.42 Å². The maximum Gasteiger partial charge on any atom is 0.333 e. The number of carbonyl (C=O) groups is 1. The van der Waals surface area contributed by atoms with E-state index in [1.54, 1.807) is 6.92 Å². The van der Waals surface area contributed by atoms with Crippen molar-refractivity contribution in [2.75, 3.05) is 25.4 Å². The van der Waals surface area contributed by atoms with Crippen LogP contribution in [-0.4, -0.2) is 44.4 Å². The van der Waals surface area contributed by atoms with E-state index >= 15 is 0 Å². The van der Waals surface area contributed by atoms with Gasteiger partial charge in [0.05, 0.1) is 12.3 Å². The van der Waals surface area contributed by atoms with Gasteiger partial charge in [0.25, 0.3) is 10.1 Å². The maximum atomic E-state index is 10.9. The Kier molecular flexibility index (Phi) is 10.4. The SMILES string of the molecule is C=C(C)C(=O)OCC[NH2+]CCCS(=O)(=O)O.[Cl-]. The second kappa shape index (κ2) is 9.41. The normalized spacial score (nSPS) is 10.5. The van der Waals surface area contributed by atoms with Crippen molar-refractivity contribution in [2.24, 2.45) is 0 Å². The molecule has 0 aromatic heterocycles. The van der Waals surface area contributed by atoms with E-state index in [-0.39, 0.29) is 24.8 Å². The van der Waals surface area contributed by atoms with E-state index in [4.69, 9.17) is 9.29 Å². The second-order valence-corrected chi connectivity index (χ2v) is 4.99. The molecule has 0 aliphatic rings. The average molecular weight is 288 g/mol. The van der Waals surface area contributed by atoms with Gasteiger partial charge >= 0.3 is 5.97 Å². The highest BCUT2D eigenvalue weighted by molar-refractivity contribution is 7.85. The third-order valence-corrected chi connectivity index (χ3v) is 2.52. The van der Waals surface area contributed by atoms with Gasteiger partial charge in [0.2, 0.25) is 0 Å². The molecule has 0 saturated carbocycles. The molecular weight excluding hydrogens is 270 g/mol. The molecular formula is C9H18ClNO5S. The molecule has 0 heterocycles. The molecule has 0 spiro atoms. The van der Waals surface area contributed by atoms with Gasteiger partial charge in [-0.1, -0.05) is 6.58 Å². The number of esters is 1. The van der Waals surface area contributed by atoms with Crippen LogP contribution in [0, 0.1) is 0 Å². The molecule has 0 bridgehead atoms. The van der Waals surface area contributed by atoms with Crippen LogP contribution in [0.2, 0.25) is 0 Å². The summed E-state index contributed by atoms with van der Waals surface area (Å²) < 4.78 is 33.9. The lowest BCUT2D eigenvalue weighted by atomic mass is 10.4. The Balaban J connectivity index is 0. The highest BCUT2D eigenvalue weighted by Crippen LogP contribution is 1.89. The summed E-state index contributed by atoms with van der Waals surface area (Å²) in [6.07, 6.45) is 0.368. The zero-order chi connectivity index (χ0) is 12.6. The van der Waals surface area contributed by atoms with Crippen LogP contribution in [0.4, 0.5) is 0 Å². The van der Waals surface area contributed by atoms with Crippen LogP contribution in [0.25, 0.3) is 0 Å². The lowest BCUT2D eigenvalue weighted by molar-refractivity contribution is -0.655. The van der Waals surface area contributed by atoms with Crippen LogP contribution in [0.3, 0.4) is 0 Å². The van der Waals surface area contributed by atoms with Crippen LogP contribution in [-0.2, 0) is 19.6 Å². The van der Waals surface area contributed by atoms with E-state index in [9.17, 15) is 13.2 Å². The first kappa shape index (κ1) is 18.7. The molecule has 0 saturated heterocycles. The average Bonchev–Trinajstić information content (AvgIpc) is 2.14. The summed E-state index contributed by atoms with van der Waals surface area (Å²) in [6, 6.07) is 0. The van der Waals surface area contributed by atoms with Crippen molar-refractivity contribution in [1.82, 2.24) is 0 Å². The minimum Gasteiger partial charge on any atom is -1.00 e. The number of hydrogen-bond donors (Lipinski definition) is 2. The first-order valence-electron chi connectivity index (χ1n) is 4.92. The molecule has 0 radical (unpaired) electrons. The Morgan fingerprint density at radius 3 is 2.47 bits per heavy atom. The Morgan fingerprint density at radius 1 is 1.41 bits per heavy atom. The predicted octanol–water partition coefficient (Wildman–Crippen LogP) is -4.05. The number of halogens is 1. The van der Waals surface area contributed by atoms with E-state index in [1.807, 2.05) is 5.32 Å². The monoisotopic (exact) mass is 287 g/mol. The number of carbonyl (C=O) groups excluding carboxylic acids is 1. The summed E-state index contributed by atoms with van der Waals surface area (Å²) in [5.41, 5.74) is 0.353. The molecule has 0 atom stereocenters. The van der Waals surface area contributed by atoms with Gasteiger partial charge in [-0.05, 0) is 6.92 Å². The molecule has 0 aromatic carbocycles. The van der Waals surface area contributed by atoms with Crippen molar-refractivity contribution in [1.29, 1.82) is 0 Å². The number of nitrogens with two attached hydrogens (primary N) is 1. The van der Waals surface area contributed by atoms with E-state index in [0.717, 1.165) is 0 Å². The van der Waals surface area contributed by atoms with Crippen molar-refractivity contribution in [3.05, 3.63) is 12.2 Å². The van der Waals surface area contributed by atoms with Gasteiger partial charge in [0.1, 0.15) is 13.2 Å². The summed E-state index contributed by atoms with van der Waals surface area (Å²) >= 11 is 0. The van der Waals surface area contributed by atoms with Crippen LogP contribution in [0.5, 0.6) is 0 Å². The molecule has 8 heteroatoms. The molecule has 0 fully saturated rings. The van der Waals surface area contributed by atoms with Gasteiger partial charge in [-0.25, -0.2) is 4.79 Å². The molecule has 6 nitrogen and oxygen atoms in total. The molecule has 102 valence electrons. The third-order valence-electron chi connectivity index (χ3n) is 1.71. The highest BCUT2D eigenvalue weighted by Gasteiger charge is 2.05.